The molecule has 0 bridgehead atoms. The van der Waals surface area contributed by atoms with E-state index >= 15 is 0 Å². The monoisotopic (exact) mass is 377 g/mol. The molecule has 0 atom stereocenters. The summed E-state index contributed by atoms with van der Waals surface area (Å²) in [5.74, 6) is -0.0203. The molecule has 1 N–H and O–H groups in total. The van der Waals surface area contributed by atoms with Crippen LogP contribution in [0.5, 0.6) is 0 Å². The Hall–Kier alpha value is -2.73. The molecule has 1 saturated heterocycles. The van der Waals surface area contributed by atoms with Crippen molar-refractivity contribution in [2.24, 2.45) is 7.05 Å². The van der Waals surface area contributed by atoms with E-state index in [9.17, 15) is 4.79 Å². The van der Waals surface area contributed by atoms with Crippen LogP contribution < -0.4 is 5.32 Å². The van der Waals surface area contributed by atoms with Crippen molar-refractivity contribution in [1.29, 1.82) is 0 Å². The summed E-state index contributed by atoms with van der Waals surface area (Å²) in [6, 6.07) is 12.6. The third kappa shape index (κ3) is 3.78. The van der Waals surface area contributed by atoms with Crippen molar-refractivity contribution in [2.75, 3.05) is 13.1 Å². The minimum absolute atomic E-state index is 0.0203. The number of aromatic nitrogens is 3. The quantitative estimate of drug-likeness (QED) is 0.759. The second-order valence-corrected chi connectivity index (χ2v) is 7.73. The maximum absolute atomic E-state index is 13.0. The summed E-state index contributed by atoms with van der Waals surface area (Å²) in [5, 5.41) is 8.54. The summed E-state index contributed by atoms with van der Waals surface area (Å²) in [4.78, 5) is 20.0. The van der Waals surface area contributed by atoms with Gasteiger partial charge in [0.25, 0.3) is 5.91 Å². The fraction of sp³-hybridized carbons (Fsp3) is 0.409. The molecule has 0 unspecified atom stereocenters. The molecule has 1 aliphatic heterocycles. The first-order valence-electron chi connectivity index (χ1n) is 9.89. The van der Waals surface area contributed by atoms with Crippen molar-refractivity contribution >= 4 is 16.9 Å². The van der Waals surface area contributed by atoms with Gasteiger partial charge in [0.15, 0.2) is 5.65 Å². The van der Waals surface area contributed by atoms with Gasteiger partial charge in [0, 0.05) is 38.4 Å². The topological polar surface area (TPSA) is 63.1 Å². The van der Waals surface area contributed by atoms with E-state index in [-0.39, 0.29) is 11.9 Å². The number of benzene rings is 1. The predicted molar refractivity (Wildman–Crippen MR) is 110 cm³/mol. The van der Waals surface area contributed by atoms with Crippen molar-refractivity contribution in [2.45, 2.75) is 39.3 Å². The largest absolute Gasteiger partial charge is 0.349 e. The molecule has 1 fully saturated rings. The smallest absolute Gasteiger partial charge is 0.252 e. The van der Waals surface area contributed by atoms with Gasteiger partial charge in [0.2, 0.25) is 0 Å². The van der Waals surface area contributed by atoms with Crippen molar-refractivity contribution in [3.8, 4) is 0 Å². The number of nitrogens with one attached hydrogen (secondary N) is 1. The van der Waals surface area contributed by atoms with Gasteiger partial charge in [0.1, 0.15) is 0 Å². The molecule has 6 nitrogen and oxygen atoms in total. The molecule has 28 heavy (non-hydrogen) atoms. The Morgan fingerprint density at radius 2 is 1.89 bits per heavy atom. The number of pyridine rings is 1. The van der Waals surface area contributed by atoms with Crippen LogP contribution >= 0.6 is 0 Å². The minimum Gasteiger partial charge on any atom is -0.349 e. The number of hydrogen-bond donors (Lipinski definition) is 1. The van der Waals surface area contributed by atoms with E-state index < -0.39 is 0 Å². The first kappa shape index (κ1) is 18.6. The molecule has 6 heteroatoms. The van der Waals surface area contributed by atoms with E-state index in [1.165, 1.54) is 5.56 Å². The summed E-state index contributed by atoms with van der Waals surface area (Å²) < 4.78 is 1.75. The molecule has 0 aliphatic carbocycles. The summed E-state index contributed by atoms with van der Waals surface area (Å²) in [5.41, 5.74) is 4.46. The summed E-state index contributed by atoms with van der Waals surface area (Å²) >= 11 is 0. The normalized spacial score (nSPS) is 15.8. The van der Waals surface area contributed by atoms with Crippen LogP contribution in [0, 0.1) is 13.8 Å². The second kappa shape index (κ2) is 7.72. The van der Waals surface area contributed by atoms with Crippen molar-refractivity contribution < 1.29 is 4.79 Å². The van der Waals surface area contributed by atoms with Crippen LogP contribution in [0.1, 0.15) is 40.2 Å². The first-order chi connectivity index (χ1) is 13.5. The highest BCUT2D eigenvalue weighted by Gasteiger charge is 2.23. The van der Waals surface area contributed by atoms with Crippen molar-refractivity contribution in [3.63, 3.8) is 0 Å². The number of amides is 1. The molecule has 146 valence electrons. The number of likely N-dealkylation sites (tertiary alicyclic amines) is 1. The minimum atomic E-state index is -0.0203. The number of fused-ring (bicyclic) bond motifs is 1. The molecule has 0 spiro atoms. The maximum Gasteiger partial charge on any atom is 0.252 e. The molecule has 1 aliphatic rings. The van der Waals surface area contributed by atoms with Crippen molar-refractivity contribution in [1.82, 2.24) is 25.0 Å². The second-order valence-electron chi connectivity index (χ2n) is 7.73. The Morgan fingerprint density at radius 1 is 1.18 bits per heavy atom. The Labute approximate surface area is 165 Å². The molecule has 0 radical (unpaired) electrons. The van der Waals surface area contributed by atoms with Gasteiger partial charge in [-0.25, -0.2) is 4.98 Å². The van der Waals surface area contributed by atoms with E-state index in [4.69, 9.17) is 0 Å². The molecule has 1 amide bonds. The third-order valence-electron chi connectivity index (χ3n) is 5.51. The predicted octanol–water partition coefficient (Wildman–Crippen LogP) is 2.98. The third-order valence-corrected chi connectivity index (χ3v) is 5.51. The van der Waals surface area contributed by atoms with E-state index in [0.29, 0.717) is 5.56 Å². The van der Waals surface area contributed by atoms with Gasteiger partial charge >= 0.3 is 0 Å². The Kier molecular flexibility index (Phi) is 5.13. The number of rotatable bonds is 4. The van der Waals surface area contributed by atoms with Crippen LogP contribution in [0.25, 0.3) is 11.0 Å². The fourth-order valence-electron chi connectivity index (χ4n) is 4.09. The Balaban J connectivity index is 1.42. The number of piperidine rings is 1. The molecular weight excluding hydrogens is 350 g/mol. The maximum atomic E-state index is 13.0. The SMILES string of the molecule is Cc1cc(C(=O)NC2CCN(Cc3ccccc3)CC2)c2c(C)nn(C)c2n1. The van der Waals surface area contributed by atoms with Crippen LogP contribution in [0.3, 0.4) is 0 Å². The molecule has 4 rings (SSSR count). The van der Waals surface area contributed by atoms with Crippen LogP contribution in [-0.4, -0.2) is 44.7 Å². The fourth-order valence-corrected chi connectivity index (χ4v) is 4.09. The van der Waals surface area contributed by atoms with Gasteiger partial charge in [-0.2, -0.15) is 5.10 Å². The van der Waals surface area contributed by atoms with Crippen LogP contribution in [0.4, 0.5) is 0 Å². The molecule has 3 aromatic rings. The van der Waals surface area contributed by atoms with Gasteiger partial charge in [-0.3, -0.25) is 14.4 Å². The van der Waals surface area contributed by atoms with Gasteiger partial charge in [-0.1, -0.05) is 30.3 Å². The van der Waals surface area contributed by atoms with E-state index in [2.05, 4.69) is 44.6 Å². The number of nitrogens with zero attached hydrogens (tertiary/aromatic N) is 4. The molecule has 0 saturated carbocycles. The highest BCUT2D eigenvalue weighted by atomic mass is 16.1. The number of aryl methyl sites for hydroxylation is 3. The van der Waals surface area contributed by atoms with Crippen LogP contribution in [0.2, 0.25) is 0 Å². The van der Waals surface area contributed by atoms with Gasteiger partial charge in [-0.05, 0) is 38.3 Å². The summed E-state index contributed by atoms with van der Waals surface area (Å²) in [6.45, 7) is 6.81. The number of carbonyl (C=O) groups is 1. The Morgan fingerprint density at radius 3 is 2.61 bits per heavy atom. The molecule has 1 aromatic carbocycles. The zero-order valence-electron chi connectivity index (χ0n) is 16.8. The average Bonchev–Trinajstić information content (AvgIpc) is 2.97. The van der Waals surface area contributed by atoms with Crippen LogP contribution in [0.15, 0.2) is 36.4 Å². The van der Waals surface area contributed by atoms with E-state index in [1.54, 1.807) is 4.68 Å². The van der Waals surface area contributed by atoms with E-state index in [0.717, 1.165) is 54.9 Å². The standard InChI is InChI=1S/C22H27N5O/c1-15-13-19(20-16(2)25-26(3)21(20)23-15)22(28)24-18-9-11-27(12-10-18)14-17-7-5-4-6-8-17/h4-8,13,18H,9-12,14H2,1-3H3,(H,24,28). The van der Waals surface area contributed by atoms with Gasteiger partial charge in [0.05, 0.1) is 16.6 Å². The highest BCUT2D eigenvalue weighted by molar-refractivity contribution is 6.06. The zero-order valence-corrected chi connectivity index (χ0v) is 16.8. The summed E-state index contributed by atoms with van der Waals surface area (Å²) in [7, 11) is 1.87. The van der Waals surface area contributed by atoms with E-state index in [1.807, 2.05) is 33.0 Å². The zero-order chi connectivity index (χ0) is 19.7. The molecule has 2 aromatic heterocycles. The van der Waals surface area contributed by atoms with Crippen molar-refractivity contribution in [3.05, 3.63) is 58.9 Å². The summed E-state index contributed by atoms with van der Waals surface area (Å²) in [6.07, 6.45) is 1.94. The highest BCUT2D eigenvalue weighted by Crippen LogP contribution is 2.22. The first-order valence-corrected chi connectivity index (χ1v) is 9.89. The number of hydrogen-bond acceptors (Lipinski definition) is 4. The lowest BCUT2D eigenvalue weighted by molar-refractivity contribution is 0.0910. The van der Waals surface area contributed by atoms with Crippen LogP contribution in [-0.2, 0) is 13.6 Å². The molecule has 3 heterocycles. The lowest BCUT2D eigenvalue weighted by atomic mass is 10.0. The lowest BCUT2D eigenvalue weighted by Crippen LogP contribution is -2.44. The number of carbonyl (C=O) groups excluding carboxylic acids is 1. The molecular formula is C22H27N5O. The Bertz CT molecular complexity index is 987. The van der Waals surface area contributed by atoms with Gasteiger partial charge in [-0.15, -0.1) is 0 Å². The lowest BCUT2D eigenvalue weighted by Gasteiger charge is -2.32. The average molecular weight is 377 g/mol. The van der Waals surface area contributed by atoms with Gasteiger partial charge < -0.3 is 5.32 Å².